The smallest absolute Gasteiger partial charge is 0.162 e. The van der Waals surface area contributed by atoms with Gasteiger partial charge < -0.3 is 10.0 Å². The Bertz CT molecular complexity index is 854. The summed E-state index contributed by atoms with van der Waals surface area (Å²) in [7, 11) is 0. The van der Waals surface area contributed by atoms with Gasteiger partial charge >= 0.3 is 0 Å². The van der Waals surface area contributed by atoms with Gasteiger partial charge in [0.2, 0.25) is 0 Å². The zero-order chi connectivity index (χ0) is 19.0. The van der Waals surface area contributed by atoms with Crippen LogP contribution in [0.25, 0.3) is 0 Å². The first kappa shape index (κ1) is 18.6. The Hall–Kier alpha value is -1.75. The molecule has 1 heterocycles. The lowest BCUT2D eigenvalue weighted by Crippen LogP contribution is -2.30. The van der Waals surface area contributed by atoms with Crippen molar-refractivity contribution in [2.24, 2.45) is 0 Å². The number of ketones is 1. The maximum atomic E-state index is 13.0. The molecule has 0 radical (unpaired) electrons. The largest absolute Gasteiger partial charge is 0.388 e. The molecule has 1 spiro atoms. The van der Waals surface area contributed by atoms with E-state index >= 15 is 0 Å². The van der Waals surface area contributed by atoms with Gasteiger partial charge in [-0.1, -0.05) is 17.7 Å². The quantitative estimate of drug-likeness (QED) is 0.766. The van der Waals surface area contributed by atoms with Crippen molar-refractivity contribution in [2.75, 3.05) is 19.6 Å². The van der Waals surface area contributed by atoms with E-state index in [2.05, 4.69) is 11.0 Å². The van der Waals surface area contributed by atoms with Gasteiger partial charge in [0.1, 0.15) is 5.82 Å². The van der Waals surface area contributed by atoms with Gasteiger partial charge in [-0.25, -0.2) is 4.39 Å². The van der Waals surface area contributed by atoms with Crippen LogP contribution >= 0.6 is 11.6 Å². The fraction of sp³-hybridized carbons (Fsp3) is 0.409. The molecule has 2 aromatic carbocycles. The molecule has 2 atom stereocenters. The summed E-state index contributed by atoms with van der Waals surface area (Å²) in [5.41, 5.74) is 2.76. The Labute approximate surface area is 163 Å². The molecule has 2 aliphatic rings. The first-order valence-corrected chi connectivity index (χ1v) is 9.84. The van der Waals surface area contributed by atoms with Gasteiger partial charge in [-0.2, -0.15) is 0 Å². The number of Topliss-reactive ketones (excluding diaryl/α,β-unsaturated/α-hetero) is 1. The van der Waals surface area contributed by atoms with E-state index in [0.29, 0.717) is 17.0 Å². The maximum Gasteiger partial charge on any atom is 0.162 e. The third-order valence-corrected chi connectivity index (χ3v) is 6.24. The fourth-order valence-corrected chi connectivity index (χ4v) is 4.84. The number of likely N-dealkylation sites (tertiary alicyclic amines) is 1. The highest BCUT2D eigenvalue weighted by Crippen LogP contribution is 2.50. The van der Waals surface area contributed by atoms with Gasteiger partial charge in [0.15, 0.2) is 5.78 Å². The molecule has 1 aliphatic carbocycles. The normalized spacial score (nSPS) is 24.5. The van der Waals surface area contributed by atoms with E-state index in [1.54, 1.807) is 12.1 Å². The first-order chi connectivity index (χ1) is 13.0. The second kappa shape index (κ2) is 7.34. The Morgan fingerprint density at radius 2 is 2.04 bits per heavy atom. The molecule has 0 amide bonds. The number of aliphatic hydroxyl groups is 1. The monoisotopic (exact) mass is 387 g/mol. The molecule has 0 saturated carbocycles. The van der Waals surface area contributed by atoms with E-state index in [-0.39, 0.29) is 17.0 Å². The third-order valence-electron chi connectivity index (χ3n) is 6.01. The van der Waals surface area contributed by atoms with Crippen LogP contribution in [-0.4, -0.2) is 35.4 Å². The molecule has 0 bridgehead atoms. The number of carbonyl (C=O) groups excluding carboxylic acids is 1. The summed E-state index contributed by atoms with van der Waals surface area (Å²) in [5.74, 6) is -0.269. The number of nitrogens with zero attached hydrogens (tertiary/aromatic N) is 1. The molecule has 1 fully saturated rings. The lowest BCUT2D eigenvalue weighted by molar-refractivity contribution is 0.0975. The minimum Gasteiger partial charge on any atom is -0.388 e. The second-order valence-corrected chi connectivity index (χ2v) is 8.23. The van der Waals surface area contributed by atoms with E-state index in [4.69, 9.17) is 11.6 Å². The maximum absolute atomic E-state index is 13.0. The third kappa shape index (κ3) is 3.66. The molecule has 1 aliphatic heterocycles. The lowest BCUT2D eigenvalue weighted by Gasteiger charge is -2.25. The molecule has 2 aromatic rings. The number of halogens is 2. The van der Waals surface area contributed by atoms with E-state index in [1.165, 1.54) is 17.7 Å². The number of fused-ring (bicyclic) bond motifs is 2. The van der Waals surface area contributed by atoms with Crippen molar-refractivity contribution in [3.05, 3.63) is 70.0 Å². The number of hydrogen-bond donors (Lipinski definition) is 1. The summed E-state index contributed by atoms with van der Waals surface area (Å²) in [6.45, 7) is 2.73. The van der Waals surface area contributed by atoms with Crippen LogP contribution in [0.3, 0.4) is 0 Å². The summed E-state index contributed by atoms with van der Waals surface area (Å²) < 4.78 is 13.0. The molecule has 142 valence electrons. The summed E-state index contributed by atoms with van der Waals surface area (Å²) in [6.07, 6.45) is 2.56. The summed E-state index contributed by atoms with van der Waals surface area (Å²) in [6, 6.07) is 11.6. The zero-order valence-electron chi connectivity index (χ0n) is 15.1. The fourth-order valence-electron chi connectivity index (χ4n) is 4.66. The van der Waals surface area contributed by atoms with Crippen LogP contribution in [-0.2, 0) is 5.41 Å². The van der Waals surface area contributed by atoms with Crippen LogP contribution < -0.4 is 0 Å². The Kier molecular flexibility index (Phi) is 5.06. The molecule has 3 nitrogen and oxygen atoms in total. The average molecular weight is 388 g/mol. The standard InChI is InChI=1S/C22H23ClFNO2/c23-16-5-8-19-18(12-16)21(27)13-22(19)9-11-25(14-22)10-1-2-20(26)15-3-6-17(24)7-4-15/h3-8,12,21,27H,1-2,9-11,13-14H2. The number of benzene rings is 2. The minimum absolute atomic E-state index is 0.000302. The van der Waals surface area contributed by atoms with E-state index in [0.717, 1.165) is 44.5 Å². The van der Waals surface area contributed by atoms with Gasteiger partial charge in [0.25, 0.3) is 0 Å². The highest BCUT2D eigenvalue weighted by atomic mass is 35.5. The Morgan fingerprint density at radius 3 is 2.81 bits per heavy atom. The molecular formula is C22H23ClFNO2. The van der Waals surface area contributed by atoms with Crippen LogP contribution in [0.5, 0.6) is 0 Å². The average Bonchev–Trinajstić information content (AvgIpc) is 3.17. The van der Waals surface area contributed by atoms with Crippen molar-refractivity contribution >= 4 is 17.4 Å². The zero-order valence-corrected chi connectivity index (χ0v) is 15.9. The van der Waals surface area contributed by atoms with Crippen molar-refractivity contribution in [2.45, 2.75) is 37.2 Å². The molecule has 4 rings (SSSR count). The van der Waals surface area contributed by atoms with Gasteiger partial charge in [0.05, 0.1) is 6.10 Å². The number of hydrogen-bond acceptors (Lipinski definition) is 3. The van der Waals surface area contributed by atoms with Gasteiger partial charge in [-0.05, 0) is 79.9 Å². The number of carbonyl (C=O) groups is 1. The van der Waals surface area contributed by atoms with E-state index < -0.39 is 6.10 Å². The molecule has 1 N–H and O–H groups in total. The van der Waals surface area contributed by atoms with Crippen molar-refractivity contribution in [1.82, 2.24) is 4.90 Å². The summed E-state index contributed by atoms with van der Waals surface area (Å²) in [4.78, 5) is 14.6. The van der Waals surface area contributed by atoms with Gasteiger partial charge in [-0.3, -0.25) is 4.79 Å². The lowest BCUT2D eigenvalue weighted by atomic mass is 9.81. The van der Waals surface area contributed by atoms with Crippen LogP contribution in [0.1, 0.15) is 53.3 Å². The number of aliphatic hydroxyl groups excluding tert-OH is 1. The molecule has 1 saturated heterocycles. The Balaban J connectivity index is 1.34. The second-order valence-electron chi connectivity index (χ2n) is 7.79. The molecule has 5 heteroatoms. The molecule has 27 heavy (non-hydrogen) atoms. The number of rotatable bonds is 5. The molecule has 2 unspecified atom stereocenters. The minimum atomic E-state index is -0.446. The highest BCUT2D eigenvalue weighted by Gasteiger charge is 2.47. The van der Waals surface area contributed by atoms with Crippen molar-refractivity contribution in [3.63, 3.8) is 0 Å². The summed E-state index contributed by atoms with van der Waals surface area (Å²) >= 11 is 6.10. The molecule has 0 aromatic heterocycles. The predicted molar refractivity (Wildman–Crippen MR) is 104 cm³/mol. The van der Waals surface area contributed by atoms with Crippen molar-refractivity contribution < 1.29 is 14.3 Å². The Morgan fingerprint density at radius 1 is 1.26 bits per heavy atom. The van der Waals surface area contributed by atoms with E-state index in [9.17, 15) is 14.3 Å². The first-order valence-electron chi connectivity index (χ1n) is 9.46. The molecular weight excluding hydrogens is 365 g/mol. The SMILES string of the molecule is O=C(CCCN1CCC2(CC(O)c3cc(Cl)ccc32)C1)c1ccc(F)cc1. The van der Waals surface area contributed by atoms with Crippen LogP contribution in [0.2, 0.25) is 5.02 Å². The predicted octanol–water partition coefficient (Wildman–Crippen LogP) is 4.52. The topological polar surface area (TPSA) is 40.5 Å². The van der Waals surface area contributed by atoms with Crippen molar-refractivity contribution in [1.29, 1.82) is 0 Å². The van der Waals surface area contributed by atoms with Gasteiger partial charge in [-0.15, -0.1) is 0 Å². The van der Waals surface area contributed by atoms with Crippen LogP contribution in [0, 0.1) is 5.82 Å². The highest BCUT2D eigenvalue weighted by molar-refractivity contribution is 6.30. The summed E-state index contributed by atoms with van der Waals surface area (Å²) in [5, 5.41) is 11.1. The van der Waals surface area contributed by atoms with Crippen LogP contribution in [0.4, 0.5) is 4.39 Å². The van der Waals surface area contributed by atoms with Crippen LogP contribution in [0.15, 0.2) is 42.5 Å². The van der Waals surface area contributed by atoms with Gasteiger partial charge in [0, 0.05) is 29.0 Å². The van der Waals surface area contributed by atoms with E-state index in [1.807, 2.05) is 12.1 Å². The van der Waals surface area contributed by atoms with Crippen molar-refractivity contribution in [3.8, 4) is 0 Å².